The number of hydrogen-bond acceptors (Lipinski definition) is 4. The maximum absolute atomic E-state index is 11.9. The minimum Gasteiger partial charge on any atom is -0.494 e. The Hall–Kier alpha value is -2.40. The molecule has 1 amide bonds. The van der Waals surface area contributed by atoms with E-state index in [4.69, 9.17) is 4.74 Å². The van der Waals surface area contributed by atoms with E-state index in [9.17, 15) is 4.79 Å². The summed E-state index contributed by atoms with van der Waals surface area (Å²) >= 11 is 0. The molecule has 2 aromatic rings. The van der Waals surface area contributed by atoms with E-state index in [1.165, 1.54) is 18.4 Å². The summed E-state index contributed by atoms with van der Waals surface area (Å²) in [5, 5.41) is 6.29. The summed E-state index contributed by atoms with van der Waals surface area (Å²) in [6, 6.07) is 11.6. The second-order valence-corrected chi connectivity index (χ2v) is 5.88. The van der Waals surface area contributed by atoms with E-state index in [-0.39, 0.29) is 5.91 Å². The first-order valence-corrected chi connectivity index (χ1v) is 8.90. The maximum Gasteiger partial charge on any atom is 0.252 e. The van der Waals surface area contributed by atoms with Crippen molar-refractivity contribution in [3.8, 4) is 5.75 Å². The van der Waals surface area contributed by atoms with E-state index in [1.54, 1.807) is 24.5 Å². The molecule has 1 aromatic carbocycles. The van der Waals surface area contributed by atoms with Crippen LogP contribution < -0.4 is 15.4 Å². The van der Waals surface area contributed by atoms with Crippen molar-refractivity contribution in [2.75, 3.05) is 19.7 Å². The highest BCUT2D eigenvalue weighted by atomic mass is 16.5. The number of nitrogens with one attached hydrogen (secondary N) is 2. The van der Waals surface area contributed by atoms with Crippen LogP contribution in [0.4, 0.5) is 0 Å². The highest BCUT2D eigenvalue weighted by molar-refractivity contribution is 5.93. The van der Waals surface area contributed by atoms with Crippen LogP contribution in [0.15, 0.2) is 48.8 Å². The van der Waals surface area contributed by atoms with Gasteiger partial charge in [-0.2, -0.15) is 0 Å². The summed E-state index contributed by atoms with van der Waals surface area (Å²) in [5.74, 6) is 0.765. The third-order valence-electron chi connectivity index (χ3n) is 3.73. The van der Waals surface area contributed by atoms with Gasteiger partial charge in [0.05, 0.1) is 12.2 Å². The molecule has 1 heterocycles. The topological polar surface area (TPSA) is 63.2 Å². The Morgan fingerprint density at radius 3 is 2.88 bits per heavy atom. The average molecular weight is 341 g/mol. The predicted octanol–water partition coefficient (Wildman–Crippen LogP) is 3.17. The molecule has 1 aromatic heterocycles. The quantitative estimate of drug-likeness (QED) is 0.616. The number of benzene rings is 1. The number of amides is 1. The van der Waals surface area contributed by atoms with Crippen LogP contribution in [0, 0.1) is 0 Å². The summed E-state index contributed by atoms with van der Waals surface area (Å²) < 4.78 is 5.77. The molecule has 0 spiro atoms. The van der Waals surface area contributed by atoms with Gasteiger partial charge in [0.15, 0.2) is 0 Å². The second kappa shape index (κ2) is 11.2. The van der Waals surface area contributed by atoms with Crippen LogP contribution in [0.25, 0.3) is 0 Å². The van der Waals surface area contributed by atoms with Gasteiger partial charge in [0.2, 0.25) is 0 Å². The van der Waals surface area contributed by atoms with Crippen LogP contribution in [0.5, 0.6) is 5.75 Å². The molecule has 0 saturated carbocycles. The monoisotopic (exact) mass is 341 g/mol. The molecule has 0 unspecified atom stereocenters. The van der Waals surface area contributed by atoms with Crippen LogP contribution in [0.3, 0.4) is 0 Å². The Morgan fingerprint density at radius 2 is 2.08 bits per heavy atom. The zero-order valence-corrected chi connectivity index (χ0v) is 14.8. The van der Waals surface area contributed by atoms with E-state index in [2.05, 4.69) is 34.7 Å². The standard InChI is InChI=1S/C20H27N3O2/c1-2-3-10-21-15-17-7-4-9-19(14-17)25-13-6-12-23-20(24)18-8-5-11-22-16-18/h4-5,7-9,11,14,16,21H,2-3,6,10,12-13,15H2,1H3,(H,23,24). The summed E-state index contributed by atoms with van der Waals surface area (Å²) in [6.07, 6.45) is 6.36. The van der Waals surface area contributed by atoms with Gasteiger partial charge >= 0.3 is 0 Å². The summed E-state index contributed by atoms with van der Waals surface area (Å²) in [5.41, 5.74) is 1.80. The van der Waals surface area contributed by atoms with Gasteiger partial charge in [-0.15, -0.1) is 0 Å². The van der Waals surface area contributed by atoms with Crippen molar-refractivity contribution in [1.82, 2.24) is 15.6 Å². The minimum atomic E-state index is -0.103. The van der Waals surface area contributed by atoms with Gasteiger partial charge in [-0.25, -0.2) is 0 Å². The predicted molar refractivity (Wildman–Crippen MR) is 99.7 cm³/mol. The van der Waals surface area contributed by atoms with Gasteiger partial charge in [0.1, 0.15) is 5.75 Å². The van der Waals surface area contributed by atoms with Gasteiger partial charge in [-0.1, -0.05) is 25.5 Å². The number of rotatable bonds is 11. The Balaban J connectivity index is 1.63. The fraction of sp³-hybridized carbons (Fsp3) is 0.400. The fourth-order valence-corrected chi connectivity index (χ4v) is 2.34. The number of pyridine rings is 1. The lowest BCUT2D eigenvalue weighted by Gasteiger charge is -2.09. The summed E-state index contributed by atoms with van der Waals surface area (Å²) in [4.78, 5) is 15.8. The van der Waals surface area contributed by atoms with Crippen molar-refractivity contribution in [3.05, 3.63) is 59.9 Å². The molecule has 0 fully saturated rings. The Bertz CT molecular complexity index is 632. The number of nitrogens with zero attached hydrogens (tertiary/aromatic N) is 1. The van der Waals surface area contributed by atoms with E-state index in [0.717, 1.165) is 25.3 Å². The SMILES string of the molecule is CCCCNCc1cccc(OCCCNC(=O)c2cccnc2)c1. The van der Waals surface area contributed by atoms with E-state index in [0.29, 0.717) is 18.7 Å². The number of unbranched alkanes of at least 4 members (excludes halogenated alkanes) is 1. The molecule has 0 aliphatic carbocycles. The Morgan fingerprint density at radius 1 is 1.16 bits per heavy atom. The van der Waals surface area contributed by atoms with Gasteiger partial charge in [0.25, 0.3) is 5.91 Å². The zero-order valence-electron chi connectivity index (χ0n) is 14.8. The summed E-state index contributed by atoms with van der Waals surface area (Å²) in [6.45, 7) is 5.23. The minimum absolute atomic E-state index is 0.103. The number of carbonyl (C=O) groups excluding carboxylic acids is 1. The zero-order chi connectivity index (χ0) is 17.7. The first-order valence-electron chi connectivity index (χ1n) is 8.90. The lowest BCUT2D eigenvalue weighted by molar-refractivity contribution is 0.0951. The van der Waals surface area contributed by atoms with Crippen molar-refractivity contribution in [3.63, 3.8) is 0 Å². The second-order valence-electron chi connectivity index (χ2n) is 5.88. The number of ether oxygens (including phenoxy) is 1. The third kappa shape index (κ3) is 7.35. The average Bonchev–Trinajstić information content (AvgIpc) is 2.66. The van der Waals surface area contributed by atoms with Crippen LogP contribution in [-0.2, 0) is 6.54 Å². The largest absolute Gasteiger partial charge is 0.494 e. The van der Waals surface area contributed by atoms with E-state index < -0.39 is 0 Å². The fourth-order valence-electron chi connectivity index (χ4n) is 2.34. The normalized spacial score (nSPS) is 10.4. The molecule has 0 aliphatic heterocycles. The van der Waals surface area contributed by atoms with Crippen molar-refractivity contribution in [2.24, 2.45) is 0 Å². The molecule has 0 atom stereocenters. The summed E-state index contributed by atoms with van der Waals surface area (Å²) in [7, 11) is 0. The molecular weight excluding hydrogens is 314 g/mol. The van der Waals surface area contributed by atoms with Crippen LogP contribution in [-0.4, -0.2) is 30.6 Å². The molecule has 5 nitrogen and oxygen atoms in total. The van der Waals surface area contributed by atoms with Crippen molar-refractivity contribution in [1.29, 1.82) is 0 Å². The lowest BCUT2D eigenvalue weighted by Crippen LogP contribution is -2.25. The number of aromatic nitrogens is 1. The van der Waals surface area contributed by atoms with Crippen molar-refractivity contribution < 1.29 is 9.53 Å². The first kappa shape index (κ1) is 18.9. The molecule has 0 bridgehead atoms. The molecule has 0 radical (unpaired) electrons. The maximum atomic E-state index is 11.9. The van der Waals surface area contributed by atoms with Crippen LogP contribution >= 0.6 is 0 Å². The van der Waals surface area contributed by atoms with Gasteiger partial charge in [-0.3, -0.25) is 9.78 Å². The molecule has 2 rings (SSSR count). The molecule has 5 heteroatoms. The Labute approximate surface area is 149 Å². The van der Waals surface area contributed by atoms with E-state index in [1.807, 2.05) is 12.1 Å². The number of carbonyl (C=O) groups is 1. The molecular formula is C20H27N3O2. The highest BCUT2D eigenvalue weighted by Crippen LogP contribution is 2.13. The van der Waals surface area contributed by atoms with Gasteiger partial charge < -0.3 is 15.4 Å². The third-order valence-corrected chi connectivity index (χ3v) is 3.73. The highest BCUT2D eigenvalue weighted by Gasteiger charge is 2.03. The van der Waals surface area contributed by atoms with Gasteiger partial charge in [-0.05, 0) is 49.2 Å². The van der Waals surface area contributed by atoms with Crippen LogP contribution in [0.2, 0.25) is 0 Å². The van der Waals surface area contributed by atoms with Crippen molar-refractivity contribution >= 4 is 5.91 Å². The van der Waals surface area contributed by atoms with Crippen molar-refractivity contribution in [2.45, 2.75) is 32.7 Å². The smallest absolute Gasteiger partial charge is 0.252 e. The van der Waals surface area contributed by atoms with Crippen LogP contribution in [0.1, 0.15) is 42.1 Å². The van der Waals surface area contributed by atoms with Gasteiger partial charge in [0, 0.05) is 25.5 Å². The number of hydrogen-bond donors (Lipinski definition) is 2. The Kier molecular flexibility index (Phi) is 8.49. The van der Waals surface area contributed by atoms with E-state index >= 15 is 0 Å². The molecule has 25 heavy (non-hydrogen) atoms. The first-order chi connectivity index (χ1) is 12.3. The molecule has 0 saturated heterocycles. The molecule has 134 valence electrons. The molecule has 0 aliphatic rings. The molecule has 2 N–H and O–H groups in total. The lowest BCUT2D eigenvalue weighted by atomic mass is 10.2.